The topological polar surface area (TPSA) is 37.9 Å². The van der Waals surface area contributed by atoms with Crippen molar-refractivity contribution in [1.29, 1.82) is 0 Å². The number of ether oxygens (including phenoxy) is 1. The van der Waals surface area contributed by atoms with Gasteiger partial charge in [0.15, 0.2) is 0 Å². The highest BCUT2D eigenvalue weighted by Crippen LogP contribution is 2.24. The van der Waals surface area contributed by atoms with Crippen LogP contribution in [0.25, 0.3) is 11.3 Å². The number of nitrogens with one attached hydrogen (secondary N) is 1. The largest absolute Gasteiger partial charge is 0.457 e. The molecule has 94 valence electrons. The van der Waals surface area contributed by atoms with Gasteiger partial charge in [0.1, 0.15) is 11.5 Å². The normalized spacial score (nSPS) is 10.4. The first-order valence-electron chi connectivity index (χ1n) is 6.16. The van der Waals surface area contributed by atoms with Crippen LogP contribution in [0, 0.1) is 6.92 Å². The molecular weight excluding hydrogens is 236 g/mol. The van der Waals surface area contributed by atoms with Gasteiger partial charge in [0, 0.05) is 11.3 Å². The number of aromatic nitrogens is 2. The Hall–Kier alpha value is -2.55. The van der Waals surface area contributed by atoms with Crippen molar-refractivity contribution >= 4 is 0 Å². The molecular formula is C16H14N2O. The highest BCUT2D eigenvalue weighted by Gasteiger charge is 2.02. The van der Waals surface area contributed by atoms with Crippen molar-refractivity contribution in [2.24, 2.45) is 0 Å². The minimum atomic E-state index is 0.821. The Bertz CT molecular complexity index is 657. The van der Waals surface area contributed by atoms with Crippen molar-refractivity contribution in [3.05, 3.63) is 66.4 Å². The van der Waals surface area contributed by atoms with Gasteiger partial charge in [0.25, 0.3) is 0 Å². The van der Waals surface area contributed by atoms with Crippen LogP contribution in [-0.4, -0.2) is 10.2 Å². The summed E-state index contributed by atoms with van der Waals surface area (Å²) >= 11 is 0. The summed E-state index contributed by atoms with van der Waals surface area (Å²) in [7, 11) is 0. The van der Waals surface area contributed by atoms with Gasteiger partial charge in [-0.1, -0.05) is 18.2 Å². The van der Waals surface area contributed by atoms with Gasteiger partial charge in [-0.2, -0.15) is 5.10 Å². The van der Waals surface area contributed by atoms with E-state index in [-0.39, 0.29) is 0 Å². The van der Waals surface area contributed by atoms with E-state index in [2.05, 4.69) is 10.2 Å². The molecule has 0 aliphatic carbocycles. The summed E-state index contributed by atoms with van der Waals surface area (Å²) < 4.78 is 5.75. The molecule has 1 aromatic heterocycles. The van der Waals surface area contributed by atoms with E-state index in [1.807, 2.05) is 67.6 Å². The Morgan fingerprint density at radius 2 is 1.58 bits per heavy atom. The van der Waals surface area contributed by atoms with E-state index >= 15 is 0 Å². The van der Waals surface area contributed by atoms with Crippen LogP contribution in [0.4, 0.5) is 0 Å². The molecule has 0 amide bonds. The Morgan fingerprint density at radius 3 is 2.21 bits per heavy atom. The molecule has 0 saturated heterocycles. The molecule has 0 aliphatic heterocycles. The van der Waals surface area contributed by atoms with Gasteiger partial charge in [-0.25, -0.2) is 0 Å². The van der Waals surface area contributed by atoms with Gasteiger partial charge in [0.2, 0.25) is 0 Å². The second kappa shape index (κ2) is 4.98. The summed E-state index contributed by atoms with van der Waals surface area (Å²) in [5.74, 6) is 1.66. The van der Waals surface area contributed by atoms with Crippen molar-refractivity contribution < 1.29 is 4.74 Å². The maximum Gasteiger partial charge on any atom is 0.127 e. The van der Waals surface area contributed by atoms with Crippen molar-refractivity contribution in [2.45, 2.75) is 6.92 Å². The highest BCUT2D eigenvalue weighted by atomic mass is 16.5. The SMILES string of the molecule is Cc1cc(-c2ccc(Oc3ccccc3)cc2)n[nH]1. The zero-order valence-corrected chi connectivity index (χ0v) is 10.6. The third-order valence-corrected chi connectivity index (χ3v) is 2.83. The molecule has 0 bridgehead atoms. The lowest BCUT2D eigenvalue weighted by Gasteiger charge is -2.05. The van der Waals surface area contributed by atoms with E-state index in [1.165, 1.54) is 0 Å². The molecule has 0 saturated carbocycles. The van der Waals surface area contributed by atoms with Crippen LogP contribution in [-0.2, 0) is 0 Å². The summed E-state index contributed by atoms with van der Waals surface area (Å²) in [4.78, 5) is 0. The van der Waals surface area contributed by atoms with Crippen LogP contribution < -0.4 is 4.74 Å². The van der Waals surface area contributed by atoms with E-state index in [0.29, 0.717) is 0 Å². The number of para-hydroxylation sites is 1. The number of H-pyrrole nitrogens is 1. The van der Waals surface area contributed by atoms with Gasteiger partial charge in [-0.05, 0) is 49.4 Å². The average Bonchev–Trinajstić information content (AvgIpc) is 2.87. The number of benzene rings is 2. The molecule has 0 unspecified atom stereocenters. The number of hydrogen-bond acceptors (Lipinski definition) is 2. The molecule has 3 aromatic rings. The van der Waals surface area contributed by atoms with Crippen molar-refractivity contribution in [2.75, 3.05) is 0 Å². The first-order valence-corrected chi connectivity index (χ1v) is 6.16. The smallest absolute Gasteiger partial charge is 0.127 e. The molecule has 2 aromatic carbocycles. The van der Waals surface area contributed by atoms with Crippen LogP contribution in [0.1, 0.15) is 5.69 Å². The van der Waals surface area contributed by atoms with Crippen molar-refractivity contribution in [3.63, 3.8) is 0 Å². The third-order valence-electron chi connectivity index (χ3n) is 2.83. The average molecular weight is 250 g/mol. The number of rotatable bonds is 3. The minimum Gasteiger partial charge on any atom is -0.457 e. The summed E-state index contributed by atoms with van der Waals surface area (Å²) in [6.07, 6.45) is 0. The first-order chi connectivity index (χ1) is 9.31. The molecule has 0 aliphatic rings. The zero-order valence-electron chi connectivity index (χ0n) is 10.6. The molecule has 19 heavy (non-hydrogen) atoms. The van der Waals surface area contributed by atoms with E-state index in [4.69, 9.17) is 4.74 Å². The fourth-order valence-corrected chi connectivity index (χ4v) is 1.88. The van der Waals surface area contributed by atoms with Crippen LogP contribution in [0.15, 0.2) is 60.7 Å². The Kier molecular flexibility index (Phi) is 3.02. The molecule has 0 fully saturated rings. The monoisotopic (exact) mass is 250 g/mol. The summed E-state index contributed by atoms with van der Waals surface area (Å²) in [6, 6.07) is 19.7. The fraction of sp³-hybridized carbons (Fsp3) is 0.0625. The summed E-state index contributed by atoms with van der Waals surface area (Å²) in [6.45, 7) is 1.99. The van der Waals surface area contributed by atoms with E-state index < -0.39 is 0 Å². The molecule has 3 rings (SSSR count). The zero-order chi connectivity index (χ0) is 13.1. The van der Waals surface area contributed by atoms with Gasteiger partial charge < -0.3 is 4.74 Å². The molecule has 1 N–H and O–H groups in total. The van der Waals surface area contributed by atoms with Gasteiger partial charge in [-0.15, -0.1) is 0 Å². The van der Waals surface area contributed by atoms with Gasteiger partial charge in [0.05, 0.1) is 5.69 Å². The molecule has 0 radical (unpaired) electrons. The summed E-state index contributed by atoms with van der Waals surface area (Å²) in [5.41, 5.74) is 3.08. The predicted molar refractivity (Wildman–Crippen MR) is 75.3 cm³/mol. The Labute approximate surface area is 111 Å². The third kappa shape index (κ3) is 2.65. The van der Waals surface area contributed by atoms with E-state index in [1.54, 1.807) is 0 Å². The van der Waals surface area contributed by atoms with Crippen LogP contribution in [0.5, 0.6) is 11.5 Å². The molecule has 0 spiro atoms. The second-order valence-electron chi connectivity index (χ2n) is 4.38. The Balaban J connectivity index is 1.79. The fourth-order valence-electron chi connectivity index (χ4n) is 1.88. The lowest BCUT2D eigenvalue weighted by molar-refractivity contribution is 0.483. The number of nitrogens with zero attached hydrogens (tertiary/aromatic N) is 1. The second-order valence-corrected chi connectivity index (χ2v) is 4.38. The number of aryl methyl sites for hydroxylation is 1. The van der Waals surface area contributed by atoms with Gasteiger partial charge >= 0.3 is 0 Å². The molecule has 0 atom stereocenters. The highest BCUT2D eigenvalue weighted by molar-refractivity contribution is 5.60. The predicted octanol–water partition coefficient (Wildman–Crippen LogP) is 4.18. The van der Waals surface area contributed by atoms with Crippen LogP contribution in [0.3, 0.4) is 0 Å². The number of aromatic amines is 1. The molecule has 3 heteroatoms. The number of hydrogen-bond donors (Lipinski definition) is 1. The van der Waals surface area contributed by atoms with Crippen LogP contribution >= 0.6 is 0 Å². The standard InChI is InChI=1S/C16H14N2O/c1-12-11-16(18-17-12)13-7-9-15(10-8-13)19-14-5-3-2-4-6-14/h2-11H,1H3,(H,17,18). The lowest BCUT2D eigenvalue weighted by atomic mass is 10.1. The van der Waals surface area contributed by atoms with Crippen molar-refractivity contribution in [1.82, 2.24) is 10.2 Å². The first kappa shape index (κ1) is 11.5. The molecule has 3 nitrogen and oxygen atoms in total. The maximum atomic E-state index is 5.75. The minimum absolute atomic E-state index is 0.821. The lowest BCUT2D eigenvalue weighted by Crippen LogP contribution is -1.84. The van der Waals surface area contributed by atoms with Crippen LogP contribution in [0.2, 0.25) is 0 Å². The van der Waals surface area contributed by atoms with E-state index in [0.717, 1.165) is 28.5 Å². The Morgan fingerprint density at radius 1 is 0.895 bits per heavy atom. The summed E-state index contributed by atoms with van der Waals surface area (Å²) in [5, 5.41) is 7.17. The van der Waals surface area contributed by atoms with E-state index in [9.17, 15) is 0 Å². The molecule has 1 heterocycles. The maximum absolute atomic E-state index is 5.75. The van der Waals surface area contributed by atoms with Crippen molar-refractivity contribution in [3.8, 4) is 22.8 Å². The quantitative estimate of drug-likeness (QED) is 0.757. The van der Waals surface area contributed by atoms with Gasteiger partial charge in [-0.3, -0.25) is 5.10 Å².